The van der Waals surface area contributed by atoms with Crippen molar-refractivity contribution in [2.75, 3.05) is 24.6 Å². The first-order chi connectivity index (χ1) is 18.0. The van der Waals surface area contributed by atoms with Gasteiger partial charge in [-0.25, -0.2) is 0 Å². The number of hydrogen-bond donors (Lipinski definition) is 0. The molecule has 0 aliphatic heterocycles. The third-order valence-corrected chi connectivity index (χ3v) is 16.8. The number of rotatable bonds is 31. The van der Waals surface area contributed by atoms with Gasteiger partial charge in [0.25, 0.3) is 0 Å². The molecule has 0 nitrogen and oxygen atoms in total. The summed E-state index contributed by atoms with van der Waals surface area (Å²) in [5.74, 6) is -2.10. The summed E-state index contributed by atoms with van der Waals surface area (Å²) in [5.41, 5.74) is 0. The molecule has 0 N–H and O–H groups in total. The summed E-state index contributed by atoms with van der Waals surface area (Å²) in [4.78, 5) is 0. The molecule has 0 atom stereocenters. The van der Waals surface area contributed by atoms with Gasteiger partial charge in [-0.15, -0.1) is 0 Å². The van der Waals surface area contributed by atoms with E-state index in [4.69, 9.17) is 11.2 Å². The summed E-state index contributed by atoms with van der Waals surface area (Å²) in [7, 11) is 0. The Morgan fingerprint density at radius 1 is 0.270 bits per heavy atom. The zero-order valence-corrected chi connectivity index (χ0v) is 28.4. The van der Waals surface area contributed by atoms with E-state index in [0.717, 1.165) is 0 Å². The van der Waals surface area contributed by atoms with Crippen LogP contribution < -0.4 is 0 Å². The van der Waals surface area contributed by atoms with E-state index in [-0.39, 0.29) is 0 Å². The molecule has 0 spiro atoms. The molecule has 0 unspecified atom stereocenters. The Bertz CT molecular complexity index is 410. The Labute approximate surface area is 242 Å². The van der Waals surface area contributed by atoms with Gasteiger partial charge < -0.3 is 0 Å². The molecule has 0 saturated heterocycles. The molecule has 0 aromatic rings. The predicted molar refractivity (Wildman–Crippen MR) is 180 cm³/mol. The molecule has 2 heteroatoms. The van der Waals surface area contributed by atoms with Crippen LogP contribution in [-0.4, -0.2) is 24.6 Å². The van der Waals surface area contributed by atoms with Gasteiger partial charge in [0.1, 0.15) is 0 Å². The molecule has 226 valence electrons. The second kappa shape index (κ2) is 26.9. The second-order valence-corrected chi connectivity index (χ2v) is 21.1. The van der Waals surface area contributed by atoms with Crippen LogP contribution in [0.4, 0.5) is 0 Å². The molecule has 0 radical (unpaired) electrons. The number of unbranched alkanes of at least 4 members (excludes halogenated alkanes) is 23. The molecule has 37 heavy (non-hydrogen) atoms. The van der Waals surface area contributed by atoms with Crippen molar-refractivity contribution in [1.82, 2.24) is 0 Å². The summed E-state index contributed by atoms with van der Waals surface area (Å²) in [6.45, 7) is 9.32. The normalized spacial score (nSPS) is 13.2. The minimum atomic E-state index is -2.10. The topological polar surface area (TPSA) is 0 Å². The van der Waals surface area contributed by atoms with Crippen molar-refractivity contribution in [2.45, 2.75) is 201 Å². The fourth-order valence-corrected chi connectivity index (χ4v) is 13.2. The zero-order chi connectivity index (χ0) is 27.4. The first-order valence-corrected chi connectivity index (χ1v) is 21.6. The van der Waals surface area contributed by atoms with Crippen LogP contribution in [-0.2, 0) is 0 Å². The first-order valence-electron chi connectivity index (χ1n) is 17.8. The van der Waals surface area contributed by atoms with Crippen molar-refractivity contribution in [1.29, 1.82) is 0 Å². The van der Waals surface area contributed by atoms with E-state index in [0.29, 0.717) is 0 Å². The Balaban J connectivity index is 4.72. The summed E-state index contributed by atoms with van der Waals surface area (Å²) in [6, 6.07) is 0. The van der Waals surface area contributed by atoms with Crippen molar-refractivity contribution in [3.63, 3.8) is 0 Å². The van der Waals surface area contributed by atoms with Crippen molar-refractivity contribution in [3.8, 4) is 0 Å². The van der Waals surface area contributed by atoms with Crippen molar-refractivity contribution in [3.05, 3.63) is 0 Å². The minimum absolute atomic E-state index is 1.35. The molecule has 0 amide bonds. The zero-order valence-electron chi connectivity index (χ0n) is 26.7. The first kappa shape index (κ1) is 37.7. The van der Waals surface area contributed by atoms with Crippen LogP contribution in [0, 0.1) is 0 Å². The predicted octanol–water partition coefficient (Wildman–Crippen LogP) is 14.3. The van der Waals surface area contributed by atoms with E-state index in [2.05, 4.69) is 27.7 Å². The maximum absolute atomic E-state index is 8.10. The molecule has 0 heterocycles. The monoisotopic (exact) mass is 561 g/mol. The van der Waals surface area contributed by atoms with Gasteiger partial charge in [-0.3, -0.25) is 0 Å². The molecular formula is C35H74ClP. The van der Waals surface area contributed by atoms with Gasteiger partial charge in [-0.1, -0.05) is 13.3 Å². The molecule has 0 fully saturated rings. The molecule has 0 aliphatic rings. The fourth-order valence-electron chi connectivity index (χ4n) is 6.35. The quantitative estimate of drug-likeness (QED) is 0.0584. The van der Waals surface area contributed by atoms with Crippen LogP contribution in [0.2, 0.25) is 0 Å². The van der Waals surface area contributed by atoms with E-state index in [1.165, 1.54) is 198 Å². The Morgan fingerprint density at radius 2 is 0.432 bits per heavy atom. The van der Waals surface area contributed by atoms with Crippen molar-refractivity contribution >= 4 is 17.2 Å². The number of halogens is 1. The van der Waals surface area contributed by atoms with E-state index in [1.807, 2.05) is 0 Å². The molecule has 0 aromatic heterocycles. The summed E-state index contributed by atoms with van der Waals surface area (Å²) in [6.07, 6.45) is 43.9. The van der Waals surface area contributed by atoms with Crippen LogP contribution >= 0.6 is 17.2 Å². The van der Waals surface area contributed by atoms with E-state index >= 15 is 0 Å². The Kier molecular flexibility index (Phi) is 27.4. The molecule has 0 rings (SSSR count). The average Bonchev–Trinajstić information content (AvgIpc) is 2.89. The van der Waals surface area contributed by atoms with Crippen LogP contribution in [0.15, 0.2) is 0 Å². The van der Waals surface area contributed by atoms with Crippen LogP contribution in [0.25, 0.3) is 0 Å². The van der Waals surface area contributed by atoms with E-state index < -0.39 is 5.96 Å². The van der Waals surface area contributed by atoms with Gasteiger partial charge in [0.2, 0.25) is 0 Å². The van der Waals surface area contributed by atoms with Gasteiger partial charge >= 0.3 is 230 Å². The number of hydrogen-bond acceptors (Lipinski definition) is 0. The van der Waals surface area contributed by atoms with E-state index in [1.54, 1.807) is 0 Å². The van der Waals surface area contributed by atoms with Crippen LogP contribution in [0.3, 0.4) is 0 Å². The van der Waals surface area contributed by atoms with Crippen LogP contribution in [0.5, 0.6) is 0 Å². The summed E-state index contributed by atoms with van der Waals surface area (Å²) < 4.78 is 0. The molecule has 0 bridgehead atoms. The van der Waals surface area contributed by atoms with Gasteiger partial charge in [0.05, 0.1) is 0 Å². The summed E-state index contributed by atoms with van der Waals surface area (Å²) >= 11 is 8.10. The van der Waals surface area contributed by atoms with Gasteiger partial charge in [-0.2, -0.15) is 0 Å². The molecular weight excluding hydrogens is 487 g/mol. The van der Waals surface area contributed by atoms with Crippen molar-refractivity contribution in [2.24, 2.45) is 0 Å². The summed E-state index contributed by atoms with van der Waals surface area (Å²) in [5, 5.41) is 0. The Hall–Kier alpha value is 0.720. The maximum atomic E-state index is 8.10. The van der Waals surface area contributed by atoms with Crippen LogP contribution in [0.1, 0.15) is 201 Å². The second-order valence-electron chi connectivity index (χ2n) is 12.8. The van der Waals surface area contributed by atoms with Crippen molar-refractivity contribution < 1.29 is 0 Å². The Morgan fingerprint density at radius 3 is 0.622 bits per heavy atom. The van der Waals surface area contributed by atoms with Gasteiger partial charge in [0.15, 0.2) is 0 Å². The van der Waals surface area contributed by atoms with Gasteiger partial charge in [0, 0.05) is 0 Å². The average molecular weight is 561 g/mol. The molecule has 0 saturated carbocycles. The fraction of sp³-hybridized carbons (Fsp3) is 1.00. The third-order valence-electron chi connectivity index (χ3n) is 9.03. The van der Waals surface area contributed by atoms with E-state index in [9.17, 15) is 0 Å². The SMILES string of the molecule is CCCCCCCCCCCCCCP(Cl)(CCCCCCC)(CCCCCCC)CCCCCCC. The molecule has 0 aliphatic carbocycles. The molecule has 0 aromatic carbocycles. The third kappa shape index (κ3) is 23.2. The van der Waals surface area contributed by atoms with Gasteiger partial charge in [-0.05, 0) is 0 Å². The standard InChI is InChI=1S/C35H74ClP/c1-5-9-13-17-18-19-20-21-22-23-27-31-35-37(36,32-28-24-14-10-6-2,33-29-25-15-11-7-3)34-30-26-16-12-8-4/h5-35H2,1-4H3.